The number of hydrogen-bond donors (Lipinski definition) is 2. The van der Waals surface area contributed by atoms with E-state index in [9.17, 15) is 18.3 Å². The highest BCUT2D eigenvalue weighted by atomic mass is 79.9. The predicted octanol–water partition coefficient (Wildman–Crippen LogP) is 4.35. The van der Waals surface area contributed by atoms with Gasteiger partial charge in [0.1, 0.15) is 0 Å². The van der Waals surface area contributed by atoms with Crippen LogP contribution in [0.3, 0.4) is 0 Å². The lowest BCUT2D eigenvalue weighted by molar-refractivity contribution is -0.137. The third kappa shape index (κ3) is 4.81. The first-order chi connectivity index (χ1) is 9.86. The molecule has 21 heavy (non-hydrogen) atoms. The highest BCUT2D eigenvalue weighted by Crippen LogP contribution is 2.30. The lowest BCUT2D eigenvalue weighted by Crippen LogP contribution is -2.21. The molecule has 0 saturated heterocycles. The fourth-order valence-electron chi connectivity index (χ4n) is 1.82. The minimum absolute atomic E-state index is 0.191. The first-order valence-corrected chi connectivity index (χ1v) is 7.77. The zero-order chi connectivity index (χ0) is 15.5. The van der Waals surface area contributed by atoms with Crippen LogP contribution in [-0.2, 0) is 12.7 Å². The van der Waals surface area contributed by atoms with Gasteiger partial charge in [0, 0.05) is 18.0 Å². The van der Waals surface area contributed by atoms with E-state index in [1.54, 1.807) is 11.3 Å². The van der Waals surface area contributed by atoms with Crippen molar-refractivity contribution in [3.8, 4) is 0 Å². The van der Waals surface area contributed by atoms with Crippen molar-refractivity contribution in [1.29, 1.82) is 0 Å². The van der Waals surface area contributed by atoms with Crippen molar-refractivity contribution in [1.82, 2.24) is 5.32 Å². The second-order valence-corrected chi connectivity index (χ2v) is 7.02. The van der Waals surface area contributed by atoms with Crippen LogP contribution in [0.25, 0.3) is 0 Å². The number of thiophene rings is 1. The van der Waals surface area contributed by atoms with E-state index in [4.69, 9.17) is 0 Å². The van der Waals surface area contributed by atoms with Crippen molar-refractivity contribution >= 4 is 27.3 Å². The summed E-state index contributed by atoms with van der Waals surface area (Å²) >= 11 is 4.92. The fourth-order valence-corrected chi connectivity index (χ4v) is 3.27. The van der Waals surface area contributed by atoms with Gasteiger partial charge in [0.05, 0.1) is 15.5 Å². The molecule has 1 atom stereocenters. The Hall–Kier alpha value is -0.890. The van der Waals surface area contributed by atoms with Crippen LogP contribution in [-0.4, -0.2) is 11.7 Å². The van der Waals surface area contributed by atoms with E-state index in [1.807, 2.05) is 12.1 Å². The zero-order valence-electron chi connectivity index (χ0n) is 10.8. The van der Waals surface area contributed by atoms with Crippen LogP contribution in [0.4, 0.5) is 13.2 Å². The molecular formula is C14H13BrF3NOS. The molecule has 0 aliphatic heterocycles. The maximum absolute atomic E-state index is 12.6. The molecule has 0 saturated carbocycles. The van der Waals surface area contributed by atoms with Crippen LogP contribution in [0.5, 0.6) is 0 Å². The quantitative estimate of drug-likeness (QED) is 0.808. The molecule has 1 aromatic carbocycles. The third-order valence-electron chi connectivity index (χ3n) is 2.86. The molecule has 0 spiro atoms. The van der Waals surface area contributed by atoms with E-state index in [0.717, 1.165) is 20.8 Å². The number of nitrogens with one attached hydrogen (secondary N) is 1. The van der Waals surface area contributed by atoms with Gasteiger partial charge >= 0.3 is 6.18 Å². The second-order valence-electron chi connectivity index (χ2n) is 4.48. The summed E-state index contributed by atoms with van der Waals surface area (Å²) in [5.41, 5.74) is -0.495. The Bertz CT molecular complexity index is 600. The van der Waals surface area contributed by atoms with Crippen LogP contribution >= 0.6 is 27.3 Å². The fraction of sp³-hybridized carbons (Fsp3) is 0.286. The highest BCUT2D eigenvalue weighted by Gasteiger charge is 2.30. The Morgan fingerprint density at radius 2 is 2.00 bits per heavy atom. The summed E-state index contributed by atoms with van der Waals surface area (Å²) in [6.07, 6.45) is -5.37. The van der Waals surface area contributed by atoms with E-state index < -0.39 is 17.8 Å². The summed E-state index contributed by atoms with van der Waals surface area (Å²) in [5, 5.41) is 13.0. The summed E-state index contributed by atoms with van der Waals surface area (Å²) in [7, 11) is 0. The SMILES string of the molecule is OC(CNCc1ccc(Br)s1)c1cccc(C(F)(F)F)c1. The molecule has 1 heterocycles. The first-order valence-electron chi connectivity index (χ1n) is 6.16. The van der Waals surface area contributed by atoms with Crippen molar-refractivity contribution in [3.63, 3.8) is 0 Å². The average Bonchev–Trinajstić information content (AvgIpc) is 2.83. The first kappa shape index (κ1) is 16.5. The molecule has 0 aliphatic rings. The van der Waals surface area contributed by atoms with Gasteiger partial charge in [0.15, 0.2) is 0 Å². The van der Waals surface area contributed by atoms with Gasteiger partial charge in [-0.2, -0.15) is 13.2 Å². The minimum atomic E-state index is -4.40. The second kappa shape index (κ2) is 6.91. The molecule has 2 rings (SSSR count). The van der Waals surface area contributed by atoms with Crippen molar-refractivity contribution in [2.75, 3.05) is 6.54 Å². The molecule has 7 heteroatoms. The molecule has 2 N–H and O–H groups in total. The number of hydrogen-bond acceptors (Lipinski definition) is 3. The van der Waals surface area contributed by atoms with Crippen LogP contribution < -0.4 is 5.32 Å². The van der Waals surface area contributed by atoms with Crippen molar-refractivity contribution in [2.45, 2.75) is 18.8 Å². The number of aliphatic hydroxyl groups is 1. The lowest BCUT2D eigenvalue weighted by atomic mass is 10.1. The third-order valence-corrected chi connectivity index (χ3v) is 4.49. The minimum Gasteiger partial charge on any atom is -0.387 e. The normalized spacial score (nSPS) is 13.4. The molecule has 1 unspecified atom stereocenters. The van der Waals surface area contributed by atoms with Crippen LogP contribution in [0.15, 0.2) is 40.2 Å². The molecule has 0 amide bonds. The predicted molar refractivity (Wildman–Crippen MR) is 80.1 cm³/mol. The standard InChI is InChI=1S/C14H13BrF3NOS/c15-13-5-4-11(21-13)7-19-8-12(20)9-2-1-3-10(6-9)14(16,17)18/h1-6,12,19-20H,7-8H2. The van der Waals surface area contributed by atoms with Crippen molar-refractivity contribution in [3.05, 3.63) is 56.2 Å². The topological polar surface area (TPSA) is 32.3 Å². The van der Waals surface area contributed by atoms with Crippen molar-refractivity contribution in [2.24, 2.45) is 0 Å². The largest absolute Gasteiger partial charge is 0.416 e. The summed E-state index contributed by atoms with van der Waals surface area (Å²) in [4.78, 5) is 1.08. The van der Waals surface area contributed by atoms with E-state index in [-0.39, 0.29) is 12.1 Å². The molecule has 0 bridgehead atoms. The van der Waals surface area contributed by atoms with Gasteiger partial charge in [-0.15, -0.1) is 11.3 Å². The molecule has 2 aromatic rings. The Morgan fingerprint density at radius 1 is 1.24 bits per heavy atom. The van der Waals surface area contributed by atoms with E-state index >= 15 is 0 Å². The average molecular weight is 380 g/mol. The van der Waals surface area contributed by atoms with Gasteiger partial charge in [0.25, 0.3) is 0 Å². The lowest BCUT2D eigenvalue weighted by Gasteiger charge is -2.14. The molecule has 1 aromatic heterocycles. The van der Waals surface area contributed by atoms with Gasteiger partial charge in [-0.25, -0.2) is 0 Å². The van der Waals surface area contributed by atoms with Gasteiger partial charge in [-0.3, -0.25) is 0 Å². The Morgan fingerprint density at radius 3 is 2.62 bits per heavy atom. The van der Waals surface area contributed by atoms with E-state index in [0.29, 0.717) is 6.54 Å². The number of rotatable bonds is 5. The number of benzene rings is 1. The van der Waals surface area contributed by atoms with Gasteiger partial charge in [-0.1, -0.05) is 12.1 Å². The number of alkyl halides is 3. The Balaban J connectivity index is 1.92. The van der Waals surface area contributed by atoms with Gasteiger partial charge < -0.3 is 10.4 Å². The van der Waals surface area contributed by atoms with E-state index in [1.165, 1.54) is 12.1 Å². The van der Waals surface area contributed by atoms with Crippen LogP contribution in [0.2, 0.25) is 0 Å². The molecule has 0 radical (unpaired) electrons. The maximum Gasteiger partial charge on any atom is 0.416 e. The zero-order valence-corrected chi connectivity index (χ0v) is 13.2. The molecule has 2 nitrogen and oxygen atoms in total. The smallest absolute Gasteiger partial charge is 0.387 e. The monoisotopic (exact) mass is 379 g/mol. The highest BCUT2D eigenvalue weighted by molar-refractivity contribution is 9.11. The van der Waals surface area contributed by atoms with Gasteiger partial charge in [-0.05, 0) is 45.8 Å². The Kier molecular flexibility index (Phi) is 5.43. The maximum atomic E-state index is 12.6. The van der Waals surface area contributed by atoms with E-state index in [2.05, 4.69) is 21.2 Å². The van der Waals surface area contributed by atoms with Crippen LogP contribution in [0, 0.1) is 0 Å². The summed E-state index contributed by atoms with van der Waals surface area (Å²) in [5.74, 6) is 0. The molecule has 114 valence electrons. The number of aliphatic hydroxyl groups excluding tert-OH is 1. The summed E-state index contributed by atoms with van der Waals surface area (Å²) in [6, 6.07) is 8.63. The van der Waals surface area contributed by atoms with Crippen LogP contribution in [0.1, 0.15) is 22.1 Å². The molecular weight excluding hydrogens is 367 g/mol. The Labute approximate surface area is 132 Å². The van der Waals surface area contributed by atoms with Gasteiger partial charge in [0.2, 0.25) is 0 Å². The molecule has 0 fully saturated rings. The summed E-state index contributed by atoms with van der Waals surface area (Å²) in [6.45, 7) is 0.753. The summed E-state index contributed by atoms with van der Waals surface area (Å²) < 4.78 is 38.8. The molecule has 0 aliphatic carbocycles. The number of halogens is 4. The van der Waals surface area contributed by atoms with Crippen molar-refractivity contribution < 1.29 is 18.3 Å².